The summed E-state index contributed by atoms with van der Waals surface area (Å²) in [6.45, 7) is 0. The molecule has 0 atom stereocenters. The quantitative estimate of drug-likeness (QED) is 0.0966. The van der Waals surface area contributed by atoms with Crippen molar-refractivity contribution in [3.8, 4) is 34.6 Å². The normalized spacial score (nSPS) is 14.1. The van der Waals surface area contributed by atoms with Gasteiger partial charge in [0.1, 0.15) is 0 Å². The number of fused-ring (bicyclic) bond motifs is 6. The molecule has 0 heterocycles. The van der Waals surface area contributed by atoms with Gasteiger partial charge in [-0.15, -0.1) is 0 Å². The minimum absolute atomic E-state index is 0.916. The maximum absolute atomic E-state index is 5.45. The second-order valence-electron chi connectivity index (χ2n) is 13.2. The van der Waals surface area contributed by atoms with Crippen LogP contribution in [0, 0.1) is 12.3 Å². The average Bonchev–Trinajstić information content (AvgIpc) is 3.50. The Labute approximate surface area is 236 Å². The summed E-state index contributed by atoms with van der Waals surface area (Å²) in [5.41, 5.74) is 13.6. The van der Waals surface area contributed by atoms with Crippen LogP contribution in [0.4, 0.5) is 0 Å². The van der Waals surface area contributed by atoms with Crippen LogP contribution in [0.3, 0.4) is 0 Å². The van der Waals surface area contributed by atoms with E-state index in [-0.39, 0.29) is 0 Å². The molecule has 0 fully saturated rings. The Bertz CT molecular complexity index is 1590. The van der Waals surface area contributed by atoms with E-state index in [0.717, 1.165) is 19.3 Å². The van der Waals surface area contributed by atoms with Gasteiger partial charge in [0.2, 0.25) is 0 Å². The van der Waals surface area contributed by atoms with Crippen molar-refractivity contribution in [3.05, 3.63) is 107 Å². The fourth-order valence-corrected chi connectivity index (χ4v) is 15.3. The van der Waals surface area contributed by atoms with Gasteiger partial charge in [0, 0.05) is 0 Å². The summed E-state index contributed by atoms with van der Waals surface area (Å²) in [5.74, 6) is 2.79. The van der Waals surface area contributed by atoms with Gasteiger partial charge in [-0.05, 0) is 0 Å². The molecule has 1 heteroatoms. The number of terminal acetylenes is 1. The Morgan fingerprint density at radius 2 is 1.21 bits per heavy atom. The van der Waals surface area contributed by atoms with Gasteiger partial charge in [0.05, 0.1) is 0 Å². The number of benzene rings is 4. The van der Waals surface area contributed by atoms with E-state index in [0.29, 0.717) is 0 Å². The summed E-state index contributed by atoms with van der Waals surface area (Å²) in [5, 5.41) is 8.08. The van der Waals surface area contributed by atoms with Gasteiger partial charge < -0.3 is 0 Å². The molecule has 2 aliphatic carbocycles. The number of aryl methyl sites for hydroxylation is 1. The van der Waals surface area contributed by atoms with Gasteiger partial charge in [-0.1, -0.05) is 0 Å². The molecule has 0 spiro atoms. The zero-order chi connectivity index (χ0) is 27.1. The van der Waals surface area contributed by atoms with Gasteiger partial charge in [-0.2, -0.15) is 0 Å². The van der Waals surface area contributed by atoms with Gasteiger partial charge in [-0.25, -0.2) is 0 Å². The summed E-state index contributed by atoms with van der Waals surface area (Å²) in [6.07, 6.45) is 15.9. The molecule has 197 valence electrons. The predicted octanol–water partition coefficient (Wildman–Crippen LogP) is 9.13. The van der Waals surface area contributed by atoms with Crippen LogP contribution in [0.1, 0.15) is 66.3 Å². The molecular formula is C38H41Ti. The van der Waals surface area contributed by atoms with E-state index in [1.54, 1.807) is 24.4 Å². The van der Waals surface area contributed by atoms with E-state index in [1.807, 2.05) is 0 Å². The second-order valence-corrected chi connectivity index (χ2v) is 24.6. The van der Waals surface area contributed by atoms with Crippen molar-refractivity contribution in [1.82, 2.24) is 0 Å². The SMILES string of the molecule is C#CCCCCCCCc1ccc2c([c]1[Ti]([CH3])([CH3])([CH3])[c]1cccc3c1Cc1ccccc1-3)Cc1ccccc1-2. The molecule has 2 aliphatic rings. The molecule has 39 heavy (non-hydrogen) atoms. The van der Waals surface area contributed by atoms with E-state index in [4.69, 9.17) is 6.42 Å². The summed E-state index contributed by atoms with van der Waals surface area (Å²) in [7, 11) is 0. The van der Waals surface area contributed by atoms with Gasteiger partial charge >= 0.3 is 238 Å². The number of hydrogen-bond acceptors (Lipinski definition) is 0. The molecule has 4 aromatic carbocycles. The van der Waals surface area contributed by atoms with E-state index in [9.17, 15) is 0 Å². The maximum atomic E-state index is 5.45. The average molecular weight is 546 g/mol. The van der Waals surface area contributed by atoms with Crippen LogP contribution in [0.5, 0.6) is 0 Å². The van der Waals surface area contributed by atoms with Crippen LogP contribution in [-0.2, 0) is 34.6 Å². The molecule has 0 aromatic heterocycles. The van der Waals surface area contributed by atoms with Gasteiger partial charge in [-0.3, -0.25) is 0 Å². The van der Waals surface area contributed by atoms with E-state index in [2.05, 4.69) is 100 Å². The molecule has 0 N–H and O–H groups in total. The standard InChI is InChI=1S/C22H23.C13H9.3CH3.Ti/c1-2-3-4-5-6-7-8-11-18-14-15-22-20(16-18)17-19-12-9-10-13-21(19)22;1-3-7-12-10(5-1)9-11-6-2-4-8-13(11)12;;;;/h1,9-10,12-15H,3-8,11,17H2;1-5,7-8H,9H2;3*1H3;. The molecule has 0 bridgehead atoms. The van der Waals surface area contributed by atoms with Crippen molar-refractivity contribution in [2.45, 2.75) is 73.5 Å². The molecule has 0 unspecified atom stereocenters. The molecule has 0 nitrogen and oxygen atoms in total. The first-order valence-electron chi connectivity index (χ1n) is 15.0. The third-order valence-electron chi connectivity index (χ3n) is 9.51. The fraction of sp³-hybridized carbons (Fsp3) is 0.316. The van der Waals surface area contributed by atoms with Crippen LogP contribution >= 0.6 is 0 Å². The molecule has 0 aliphatic heterocycles. The van der Waals surface area contributed by atoms with Crippen LogP contribution in [-0.4, -0.2) is 0 Å². The van der Waals surface area contributed by atoms with Crippen molar-refractivity contribution >= 4 is 7.74 Å². The van der Waals surface area contributed by atoms with Crippen molar-refractivity contribution in [2.75, 3.05) is 0 Å². The first-order valence-corrected chi connectivity index (χ1v) is 21.2. The summed E-state index contributed by atoms with van der Waals surface area (Å²) in [6, 6.07) is 30.3. The van der Waals surface area contributed by atoms with Crippen LogP contribution < -0.4 is 7.74 Å². The Hall–Kier alpha value is -2.85. The topological polar surface area (TPSA) is 0 Å². The van der Waals surface area contributed by atoms with E-state index in [1.165, 1.54) is 71.9 Å². The molecule has 6 rings (SSSR count). The number of rotatable bonds is 9. The fourth-order valence-electron chi connectivity index (χ4n) is 7.74. The molecule has 0 radical (unpaired) electrons. The zero-order valence-electron chi connectivity index (χ0n) is 23.9. The molecule has 0 saturated heterocycles. The first kappa shape index (κ1) is 26.4. The third kappa shape index (κ3) is 4.65. The Morgan fingerprint density at radius 3 is 1.92 bits per heavy atom. The van der Waals surface area contributed by atoms with Crippen molar-refractivity contribution in [2.24, 2.45) is 0 Å². The predicted molar refractivity (Wildman–Crippen MR) is 166 cm³/mol. The number of unbranched alkanes of at least 4 members (excludes halogenated alkanes) is 5. The van der Waals surface area contributed by atoms with Crippen LogP contribution in [0.15, 0.2) is 78.9 Å². The zero-order valence-corrected chi connectivity index (χ0v) is 25.5. The van der Waals surface area contributed by atoms with Gasteiger partial charge in [0.25, 0.3) is 0 Å². The van der Waals surface area contributed by atoms with Crippen molar-refractivity contribution in [1.29, 1.82) is 0 Å². The minimum atomic E-state index is -3.42. The first-order chi connectivity index (χ1) is 18.9. The molecule has 0 saturated carbocycles. The Morgan fingerprint density at radius 1 is 0.615 bits per heavy atom. The second kappa shape index (κ2) is 10.3. The van der Waals surface area contributed by atoms with Crippen LogP contribution in [0.25, 0.3) is 22.3 Å². The molecule has 0 amide bonds. The van der Waals surface area contributed by atoms with Crippen LogP contribution in [0.2, 0.25) is 15.7 Å². The van der Waals surface area contributed by atoms with Crippen molar-refractivity contribution in [3.63, 3.8) is 0 Å². The van der Waals surface area contributed by atoms with E-state index < -0.39 is 15.3 Å². The monoisotopic (exact) mass is 545 g/mol. The Balaban J connectivity index is 1.44. The number of hydrogen-bond donors (Lipinski definition) is 0. The summed E-state index contributed by atoms with van der Waals surface area (Å²) < 4.78 is 3.41. The molecule has 4 aromatic rings. The van der Waals surface area contributed by atoms with Gasteiger partial charge in [0.15, 0.2) is 0 Å². The summed E-state index contributed by atoms with van der Waals surface area (Å²) in [4.78, 5) is 0. The van der Waals surface area contributed by atoms with Crippen molar-refractivity contribution < 1.29 is 15.3 Å². The third-order valence-corrected chi connectivity index (χ3v) is 16.9. The van der Waals surface area contributed by atoms with E-state index >= 15 is 0 Å². The Kier molecular flexibility index (Phi) is 6.95. The summed E-state index contributed by atoms with van der Waals surface area (Å²) >= 11 is -3.42. The molecular weight excluding hydrogens is 504 g/mol.